The minimum Gasteiger partial charge on any atom is -0.259 e. The van der Waals surface area contributed by atoms with E-state index in [4.69, 9.17) is 0 Å². The molecule has 1 aromatic carbocycles. The van der Waals surface area contributed by atoms with Crippen LogP contribution in [0.25, 0.3) is 22.7 Å². The lowest BCUT2D eigenvalue weighted by molar-refractivity contribution is 0.628. The molecule has 4 nitrogen and oxygen atoms in total. The van der Waals surface area contributed by atoms with Crippen molar-refractivity contribution >= 4 is 46.6 Å². The second-order valence-corrected chi connectivity index (χ2v) is 7.91. The third kappa shape index (κ3) is 4.27. The van der Waals surface area contributed by atoms with Crippen LogP contribution >= 0.6 is 34.4 Å². The summed E-state index contributed by atoms with van der Waals surface area (Å²) < 4.78 is 12.9. The Morgan fingerprint density at radius 3 is 2.77 bits per heavy atom. The Bertz CT molecular complexity index is 1000. The highest BCUT2D eigenvalue weighted by Crippen LogP contribution is 2.28. The number of H-pyrrole nitrogens is 1. The van der Waals surface area contributed by atoms with Gasteiger partial charge in [-0.2, -0.15) is 11.3 Å². The summed E-state index contributed by atoms with van der Waals surface area (Å²) in [6.07, 6.45) is 3.68. The van der Waals surface area contributed by atoms with Crippen molar-refractivity contribution in [1.82, 2.24) is 20.2 Å². The molecule has 0 aliphatic heterocycles. The summed E-state index contributed by atoms with van der Waals surface area (Å²) in [4.78, 5) is 9.08. The number of thiazole rings is 1. The first kappa shape index (κ1) is 17.1. The highest BCUT2D eigenvalue weighted by Gasteiger charge is 2.07. The standard InChI is InChI=1S/C18H13FN4S3/c19-14-4-1-12(2-5-14)3-6-16-21-18(23-22-16)26-11-15-10-25-17(20-15)13-7-8-24-9-13/h1-10H,11H2,(H,21,22,23)/b6-3+. The molecule has 0 bridgehead atoms. The maximum atomic E-state index is 12.9. The first-order valence-corrected chi connectivity index (χ1v) is 10.5. The van der Waals surface area contributed by atoms with Crippen LogP contribution in [-0.4, -0.2) is 20.2 Å². The minimum atomic E-state index is -0.246. The average Bonchev–Trinajstić information content (AvgIpc) is 3.40. The summed E-state index contributed by atoms with van der Waals surface area (Å²) in [5, 5.41) is 15.0. The first-order chi connectivity index (χ1) is 12.8. The van der Waals surface area contributed by atoms with Gasteiger partial charge < -0.3 is 0 Å². The second-order valence-electron chi connectivity index (χ2n) is 5.33. The van der Waals surface area contributed by atoms with E-state index >= 15 is 0 Å². The molecule has 3 heterocycles. The zero-order valence-electron chi connectivity index (χ0n) is 13.4. The van der Waals surface area contributed by atoms with E-state index in [1.165, 1.54) is 29.5 Å². The Morgan fingerprint density at radius 2 is 1.96 bits per heavy atom. The number of thiophene rings is 1. The highest BCUT2D eigenvalue weighted by atomic mass is 32.2. The van der Waals surface area contributed by atoms with Gasteiger partial charge in [0.05, 0.1) is 5.69 Å². The van der Waals surface area contributed by atoms with E-state index in [1.807, 2.05) is 12.2 Å². The molecule has 0 saturated carbocycles. The van der Waals surface area contributed by atoms with Crippen LogP contribution in [-0.2, 0) is 5.75 Å². The fraction of sp³-hybridized carbons (Fsp3) is 0.0556. The van der Waals surface area contributed by atoms with Gasteiger partial charge in [-0.1, -0.05) is 30.0 Å². The number of nitrogens with zero attached hydrogens (tertiary/aromatic N) is 3. The summed E-state index contributed by atoms with van der Waals surface area (Å²) in [5.74, 6) is 1.14. The SMILES string of the molecule is Fc1ccc(/C=C/c2nc(SCc3csc(-c4ccsc4)n3)n[nH]2)cc1. The van der Waals surface area contributed by atoms with E-state index in [2.05, 4.69) is 42.4 Å². The number of halogens is 1. The molecular weight excluding hydrogens is 387 g/mol. The quantitative estimate of drug-likeness (QED) is 0.429. The van der Waals surface area contributed by atoms with Crippen molar-refractivity contribution in [2.45, 2.75) is 10.9 Å². The number of thioether (sulfide) groups is 1. The molecule has 0 radical (unpaired) electrons. The molecule has 0 saturated heterocycles. The van der Waals surface area contributed by atoms with E-state index in [0.717, 1.165) is 22.0 Å². The van der Waals surface area contributed by atoms with Gasteiger partial charge in [-0.25, -0.2) is 14.4 Å². The van der Waals surface area contributed by atoms with Gasteiger partial charge in [0.15, 0.2) is 0 Å². The van der Waals surface area contributed by atoms with Gasteiger partial charge >= 0.3 is 0 Å². The summed E-state index contributed by atoms with van der Waals surface area (Å²) in [7, 11) is 0. The molecule has 0 aliphatic carbocycles. The predicted octanol–water partition coefficient (Wildman–Crippen LogP) is 5.59. The number of rotatable bonds is 6. The number of aromatic nitrogens is 4. The average molecular weight is 401 g/mol. The zero-order chi connectivity index (χ0) is 17.8. The van der Waals surface area contributed by atoms with E-state index in [1.54, 1.807) is 34.8 Å². The van der Waals surface area contributed by atoms with E-state index < -0.39 is 0 Å². The van der Waals surface area contributed by atoms with Crippen LogP contribution < -0.4 is 0 Å². The molecule has 4 aromatic rings. The van der Waals surface area contributed by atoms with E-state index in [0.29, 0.717) is 11.0 Å². The number of nitrogens with one attached hydrogen (secondary N) is 1. The summed E-state index contributed by atoms with van der Waals surface area (Å²) in [6.45, 7) is 0. The molecule has 1 N–H and O–H groups in total. The summed E-state index contributed by atoms with van der Waals surface area (Å²) >= 11 is 4.86. The lowest BCUT2D eigenvalue weighted by atomic mass is 10.2. The first-order valence-electron chi connectivity index (χ1n) is 7.72. The maximum Gasteiger partial charge on any atom is 0.209 e. The maximum absolute atomic E-state index is 12.9. The van der Waals surface area contributed by atoms with Crippen LogP contribution in [0.2, 0.25) is 0 Å². The summed E-state index contributed by atoms with van der Waals surface area (Å²) in [6, 6.07) is 8.37. The van der Waals surface area contributed by atoms with Gasteiger partial charge in [0.25, 0.3) is 0 Å². The normalized spacial score (nSPS) is 11.4. The van der Waals surface area contributed by atoms with Gasteiger partial charge in [0.2, 0.25) is 5.16 Å². The van der Waals surface area contributed by atoms with Crippen LogP contribution in [0.15, 0.2) is 51.6 Å². The molecule has 0 atom stereocenters. The van der Waals surface area contributed by atoms with Crippen molar-refractivity contribution < 1.29 is 4.39 Å². The highest BCUT2D eigenvalue weighted by molar-refractivity contribution is 7.98. The third-order valence-corrected chi connectivity index (χ3v) is 5.96. The lowest BCUT2D eigenvalue weighted by Crippen LogP contribution is -1.82. The van der Waals surface area contributed by atoms with E-state index in [9.17, 15) is 4.39 Å². The Kier molecular flexibility index (Phi) is 5.24. The molecule has 0 amide bonds. The fourth-order valence-electron chi connectivity index (χ4n) is 2.18. The molecule has 4 rings (SSSR count). The van der Waals surface area contributed by atoms with Crippen LogP contribution in [0, 0.1) is 5.82 Å². The number of hydrogen-bond acceptors (Lipinski definition) is 6. The molecule has 8 heteroatoms. The number of benzene rings is 1. The third-order valence-electron chi connectivity index (χ3n) is 3.45. The van der Waals surface area contributed by atoms with Crippen LogP contribution in [0.3, 0.4) is 0 Å². The number of hydrogen-bond donors (Lipinski definition) is 1. The molecule has 130 valence electrons. The van der Waals surface area contributed by atoms with Crippen molar-refractivity contribution in [3.63, 3.8) is 0 Å². The zero-order valence-corrected chi connectivity index (χ0v) is 15.9. The summed E-state index contributed by atoms with van der Waals surface area (Å²) in [5.41, 5.74) is 3.09. The lowest BCUT2D eigenvalue weighted by Gasteiger charge is -1.92. The minimum absolute atomic E-state index is 0.246. The molecule has 0 fully saturated rings. The molecule has 3 aromatic heterocycles. The van der Waals surface area contributed by atoms with Crippen molar-refractivity contribution in [1.29, 1.82) is 0 Å². The van der Waals surface area contributed by atoms with Crippen molar-refractivity contribution in [2.75, 3.05) is 0 Å². The molecule has 0 unspecified atom stereocenters. The largest absolute Gasteiger partial charge is 0.259 e. The van der Waals surface area contributed by atoms with Gasteiger partial charge in [-0.05, 0) is 35.2 Å². The van der Waals surface area contributed by atoms with Crippen molar-refractivity contribution in [3.8, 4) is 10.6 Å². The Labute approximate surface area is 161 Å². The topological polar surface area (TPSA) is 54.5 Å². The smallest absolute Gasteiger partial charge is 0.209 e. The van der Waals surface area contributed by atoms with E-state index in [-0.39, 0.29) is 5.82 Å². The second kappa shape index (κ2) is 7.94. The van der Waals surface area contributed by atoms with Crippen LogP contribution in [0.5, 0.6) is 0 Å². The van der Waals surface area contributed by atoms with Crippen molar-refractivity contribution in [2.24, 2.45) is 0 Å². The Hall–Kier alpha value is -2.29. The Morgan fingerprint density at radius 1 is 1.08 bits per heavy atom. The fourth-order valence-corrected chi connectivity index (χ4v) is 4.51. The molecular formula is C18H13FN4S3. The Balaban J connectivity index is 1.36. The van der Waals surface area contributed by atoms with Gasteiger partial charge in [0.1, 0.15) is 16.6 Å². The van der Waals surface area contributed by atoms with Gasteiger partial charge in [0, 0.05) is 22.1 Å². The number of aromatic amines is 1. The monoisotopic (exact) mass is 400 g/mol. The van der Waals surface area contributed by atoms with Crippen LogP contribution in [0.4, 0.5) is 4.39 Å². The van der Waals surface area contributed by atoms with Gasteiger partial charge in [-0.3, -0.25) is 5.10 Å². The van der Waals surface area contributed by atoms with Gasteiger partial charge in [-0.15, -0.1) is 16.4 Å². The van der Waals surface area contributed by atoms with Crippen LogP contribution in [0.1, 0.15) is 17.1 Å². The molecule has 26 heavy (non-hydrogen) atoms. The van der Waals surface area contributed by atoms with Crippen molar-refractivity contribution in [3.05, 3.63) is 69.4 Å². The molecule has 0 aliphatic rings. The molecule has 0 spiro atoms. The predicted molar refractivity (Wildman–Crippen MR) is 107 cm³/mol.